The lowest BCUT2D eigenvalue weighted by atomic mass is 10.1. The number of carbonyl (C=O) groups is 2. The van der Waals surface area contributed by atoms with E-state index in [1.54, 1.807) is 23.1 Å². The van der Waals surface area contributed by atoms with Crippen LogP contribution in [0.15, 0.2) is 66.7 Å². The number of hydrogen-bond donors (Lipinski definition) is 1. The molecular formula is C26H27F2N3O2. The van der Waals surface area contributed by atoms with E-state index in [4.69, 9.17) is 0 Å². The smallest absolute Gasteiger partial charge is 0.255 e. The van der Waals surface area contributed by atoms with Gasteiger partial charge in [0.15, 0.2) is 0 Å². The lowest BCUT2D eigenvalue weighted by molar-refractivity contribution is 0.0742. The number of halogens is 2. The van der Waals surface area contributed by atoms with Crippen molar-refractivity contribution in [3.63, 3.8) is 0 Å². The maximum Gasteiger partial charge on any atom is 0.255 e. The molecule has 172 valence electrons. The number of carbonyl (C=O) groups excluding carboxylic acids is 2. The van der Waals surface area contributed by atoms with Crippen LogP contribution in [-0.2, 0) is 6.54 Å². The summed E-state index contributed by atoms with van der Waals surface area (Å²) in [6, 6.07) is 16.5. The second kappa shape index (κ2) is 10.7. The maximum atomic E-state index is 13.7. The summed E-state index contributed by atoms with van der Waals surface area (Å²) in [4.78, 5) is 29.2. The average molecular weight is 452 g/mol. The summed E-state index contributed by atoms with van der Waals surface area (Å²) >= 11 is 0. The molecule has 3 rings (SSSR count). The topological polar surface area (TPSA) is 52.7 Å². The fraction of sp³-hybridized carbons (Fsp3) is 0.231. The Labute approximate surface area is 192 Å². The zero-order valence-corrected chi connectivity index (χ0v) is 18.9. The van der Waals surface area contributed by atoms with Crippen LogP contribution in [0.2, 0.25) is 0 Å². The highest BCUT2D eigenvalue weighted by Gasteiger charge is 2.19. The highest BCUT2D eigenvalue weighted by molar-refractivity contribution is 6.04. The van der Waals surface area contributed by atoms with Crippen LogP contribution in [0.25, 0.3) is 0 Å². The number of nitrogens with one attached hydrogen (secondary N) is 1. The number of nitrogens with zero attached hydrogens (tertiary/aromatic N) is 2. The van der Waals surface area contributed by atoms with Gasteiger partial charge in [0, 0.05) is 49.7 Å². The second-order valence-corrected chi connectivity index (χ2v) is 7.94. The summed E-state index contributed by atoms with van der Waals surface area (Å²) in [7, 11) is 3.78. The fourth-order valence-corrected chi connectivity index (χ4v) is 3.59. The van der Waals surface area contributed by atoms with Crippen molar-refractivity contribution < 1.29 is 18.4 Å². The zero-order chi connectivity index (χ0) is 24.0. The molecule has 0 saturated carbocycles. The van der Waals surface area contributed by atoms with Crippen molar-refractivity contribution in [1.29, 1.82) is 0 Å². The van der Waals surface area contributed by atoms with Crippen molar-refractivity contribution in [3.05, 3.63) is 95.1 Å². The molecule has 0 aliphatic heterocycles. The third-order valence-corrected chi connectivity index (χ3v) is 5.12. The molecule has 0 aliphatic rings. The van der Waals surface area contributed by atoms with Gasteiger partial charge in [0.05, 0.1) is 0 Å². The standard InChI is InChI=1S/C26H27F2N3O2/c1-4-13-31(26(33)19-8-6-10-22(28)15-19)17-20-16-23(11-12-24(20)30(2)3)29-25(32)18-7-5-9-21(27)14-18/h5-12,14-16H,4,13,17H2,1-3H3,(H,29,32). The number of rotatable bonds is 8. The molecule has 0 aromatic heterocycles. The minimum absolute atomic E-state index is 0.210. The monoisotopic (exact) mass is 451 g/mol. The van der Waals surface area contributed by atoms with Crippen LogP contribution < -0.4 is 10.2 Å². The van der Waals surface area contributed by atoms with E-state index in [-0.39, 0.29) is 23.6 Å². The van der Waals surface area contributed by atoms with Gasteiger partial charge in [0.25, 0.3) is 11.8 Å². The Morgan fingerprint density at radius 2 is 1.52 bits per heavy atom. The SMILES string of the molecule is CCCN(Cc1cc(NC(=O)c2cccc(F)c2)ccc1N(C)C)C(=O)c1cccc(F)c1. The van der Waals surface area contributed by atoms with Gasteiger partial charge in [0.2, 0.25) is 0 Å². The molecule has 1 N–H and O–H groups in total. The molecule has 0 saturated heterocycles. The van der Waals surface area contributed by atoms with E-state index in [2.05, 4.69) is 5.32 Å². The van der Waals surface area contributed by atoms with Gasteiger partial charge in [-0.05, 0) is 66.6 Å². The summed E-state index contributed by atoms with van der Waals surface area (Å²) in [5.41, 5.74) is 2.72. The van der Waals surface area contributed by atoms with E-state index in [9.17, 15) is 18.4 Å². The van der Waals surface area contributed by atoms with E-state index in [1.807, 2.05) is 32.0 Å². The van der Waals surface area contributed by atoms with Crippen LogP contribution in [0, 0.1) is 11.6 Å². The molecule has 0 fully saturated rings. The van der Waals surface area contributed by atoms with Gasteiger partial charge in [-0.1, -0.05) is 19.1 Å². The summed E-state index contributed by atoms with van der Waals surface area (Å²) in [6.45, 7) is 2.73. The van der Waals surface area contributed by atoms with Crippen molar-refractivity contribution in [2.24, 2.45) is 0 Å². The Balaban J connectivity index is 1.89. The lowest BCUT2D eigenvalue weighted by Crippen LogP contribution is -2.32. The Morgan fingerprint density at radius 1 is 0.879 bits per heavy atom. The molecular weight excluding hydrogens is 424 g/mol. The molecule has 0 heterocycles. The molecule has 7 heteroatoms. The van der Waals surface area contributed by atoms with E-state index in [1.165, 1.54) is 42.5 Å². The summed E-state index contributed by atoms with van der Waals surface area (Å²) in [5.74, 6) is -1.65. The predicted molar refractivity (Wildman–Crippen MR) is 127 cm³/mol. The molecule has 3 aromatic carbocycles. The molecule has 0 atom stereocenters. The fourth-order valence-electron chi connectivity index (χ4n) is 3.59. The van der Waals surface area contributed by atoms with Crippen LogP contribution in [0.1, 0.15) is 39.6 Å². The minimum Gasteiger partial charge on any atom is -0.377 e. The molecule has 5 nitrogen and oxygen atoms in total. The Kier molecular flexibility index (Phi) is 7.77. The maximum absolute atomic E-state index is 13.7. The van der Waals surface area contributed by atoms with E-state index in [0.29, 0.717) is 12.2 Å². The first-order valence-corrected chi connectivity index (χ1v) is 10.7. The molecule has 0 spiro atoms. The number of amides is 2. The van der Waals surface area contributed by atoms with E-state index >= 15 is 0 Å². The molecule has 0 bridgehead atoms. The molecule has 0 radical (unpaired) electrons. The molecule has 33 heavy (non-hydrogen) atoms. The number of anilines is 2. The first kappa shape index (κ1) is 23.9. The van der Waals surface area contributed by atoms with Gasteiger partial charge in [-0.25, -0.2) is 8.78 Å². The van der Waals surface area contributed by atoms with Crippen LogP contribution in [0.5, 0.6) is 0 Å². The van der Waals surface area contributed by atoms with Crippen molar-refractivity contribution in [1.82, 2.24) is 4.90 Å². The summed E-state index contributed by atoms with van der Waals surface area (Å²) in [5, 5.41) is 2.79. The van der Waals surface area contributed by atoms with E-state index in [0.717, 1.165) is 17.7 Å². The second-order valence-electron chi connectivity index (χ2n) is 7.94. The summed E-state index contributed by atoms with van der Waals surface area (Å²) in [6.07, 6.45) is 0.731. The minimum atomic E-state index is -0.489. The van der Waals surface area contributed by atoms with Gasteiger partial charge in [0.1, 0.15) is 11.6 Å². The molecule has 0 unspecified atom stereocenters. The van der Waals surface area contributed by atoms with Gasteiger partial charge in [-0.3, -0.25) is 9.59 Å². The van der Waals surface area contributed by atoms with Gasteiger partial charge < -0.3 is 15.1 Å². The van der Waals surface area contributed by atoms with Crippen LogP contribution in [0.4, 0.5) is 20.2 Å². The first-order valence-electron chi connectivity index (χ1n) is 10.7. The third kappa shape index (κ3) is 6.16. The Bertz CT molecular complexity index is 1150. The molecule has 3 aromatic rings. The number of hydrogen-bond acceptors (Lipinski definition) is 3. The van der Waals surface area contributed by atoms with Gasteiger partial charge >= 0.3 is 0 Å². The van der Waals surface area contributed by atoms with Crippen molar-refractivity contribution in [2.45, 2.75) is 19.9 Å². The highest BCUT2D eigenvalue weighted by atomic mass is 19.1. The average Bonchev–Trinajstić information content (AvgIpc) is 2.78. The van der Waals surface area contributed by atoms with E-state index < -0.39 is 17.5 Å². The predicted octanol–water partition coefficient (Wildman–Crippen LogP) is 5.34. The van der Waals surface area contributed by atoms with Gasteiger partial charge in [-0.15, -0.1) is 0 Å². The highest BCUT2D eigenvalue weighted by Crippen LogP contribution is 2.26. The van der Waals surface area contributed by atoms with Crippen LogP contribution >= 0.6 is 0 Å². The molecule has 0 aliphatic carbocycles. The third-order valence-electron chi connectivity index (χ3n) is 5.12. The Morgan fingerprint density at radius 3 is 2.12 bits per heavy atom. The molecule has 2 amide bonds. The lowest BCUT2D eigenvalue weighted by Gasteiger charge is -2.26. The first-order chi connectivity index (χ1) is 15.8. The van der Waals surface area contributed by atoms with Gasteiger partial charge in [-0.2, -0.15) is 0 Å². The largest absolute Gasteiger partial charge is 0.377 e. The summed E-state index contributed by atoms with van der Waals surface area (Å²) < 4.78 is 27.2. The van der Waals surface area contributed by atoms with Crippen LogP contribution in [0.3, 0.4) is 0 Å². The van der Waals surface area contributed by atoms with Crippen molar-refractivity contribution in [3.8, 4) is 0 Å². The quantitative estimate of drug-likeness (QED) is 0.503. The number of benzene rings is 3. The van der Waals surface area contributed by atoms with Crippen LogP contribution in [-0.4, -0.2) is 37.4 Å². The Hall–Kier alpha value is -3.74. The van der Waals surface area contributed by atoms with Crippen molar-refractivity contribution in [2.75, 3.05) is 30.9 Å². The van der Waals surface area contributed by atoms with Crippen molar-refractivity contribution >= 4 is 23.2 Å². The normalized spacial score (nSPS) is 10.6. The zero-order valence-electron chi connectivity index (χ0n) is 18.9.